The van der Waals surface area contributed by atoms with Crippen molar-refractivity contribution in [1.82, 2.24) is 4.90 Å². The summed E-state index contributed by atoms with van der Waals surface area (Å²) in [7, 11) is 1.68. The fourth-order valence-electron chi connectivity index (χ4n) is 2.10. The third kappa shape index (κ3) is 4.82. The first kappa shape index (κ1) is 18.5. The highest BCUT2D eigenvalue weighted by Crippen LogP contribution is 2.21. The molecule has 2 aromatic rings. The van der Waals surface area contributed by atoms with E-state index in [4.69, 9.17) is 16.3 Å². The predicted molar refractivity (Wildman–Crippen MR) is 97.1 cm³/mol. The van der Waals surface area contributed by atoms with Gasteiger partial charge in [0.1, 0.15) is 0 Å². The van der Waals surface area contributed by atoms with E-state index in [2.05, 4.69) is 15.9 Å². The second-order valence-corrected chi connectivity index (χ2v) is 6.70. The molecule has 0 bridgehead atoms. The molecule has 0 aliphatic heterocycles. The zero-order chi connectivity index (χ0) is 17.7. The number of hydrogen-bond donors (Lipinski definition) is 0. The topological polar surface area (TPSA) is 46.6 Å². The van der Waals surface area contributed by atoms with Crippen LogP contribution in [0.1, 0.15) is 21.5 Å². The van der Waals surface area contributed by atoms with Gasteiger partial charge in [0, 0.05) is 18.1 Å². The number of likely N-dealkylation sites (N-methyl/N-ethyl adjacent to an activating group) is 1. The van der Waals surface area contributed by atoms with E-state index in [1.807, 2.05) is 31.2 Å². The first-order valence-electron chi connectivity index (χ1n) is 7.29. The molecule has 0 atom stereocenters. The van der Waals surface area contributed by atoms with E-state index in [9.17, 15) is 9.59 Å². The Hall–Kier alpha value is -1.85. The van der Waals surface area contributed by atoms with E-state index >= 15 is 0 Å². The number of hydrogen-bond acceptors (Lipinski definition) is 3. The van der Waals surface area contributed by atoms with Crippen LogP contribution in [0.5, 0.6) is 0 Å². The van der Waals surface area contributed by atoms with Crippen molar-refractivity contribution in [3.8, 4) is 0 Å². The number of carbonyl (C=O) groups is 2. The highest BCUT2D eigenvalue weighted by molar-refractivity contribution is 9.10. The summed E-state index contributed by atoms with van der Waals surface area (Å²) >= 11 is 9.25. The average Bonchev–Trinajstić information content (AvgIpc) is 2.56. The number of esters is 1. The van der Waals surface area contributed by atoms with Gasteiger partial charge in [-0.2, -0.15) is 0 Å². The van der Waals surface area contributed by atoms with Gasteiger partial charge in [0.2, 0.25) is 0 Å². The normalized spacial score (nSPS) is 10.3. The highest BCUT2D eigenvalue weighted by Gasteiger charge is 2.16. The number of aryl methyl sites for hydroxylation is 1. The molecule has 0 fully saturated rings. The predicted octanol–water partition coefficient (Wildman–Crippen LogP) is 4.23. The first-order chi connectivity index (χ1) is 11.4. The molecule has 0 unspecified atom stereocenters. The molecule has 0 aromatic heterocycles. The van der Waals surface area contributed by atoms with Gasteiger partial charge in [-0.1, -0.05) is 51.8 Å². The summed E-state index contributed by atoms with van der Waals surface area (Å²) in [5.74, 6) is -0.906. The average molecular weight is 411 g/mol. The van der Waals surface area contributed by atoms with Gasteiger partial charge in [0.25, 0.3) is 5.91 Å². The zero-order valence-corrected chi connectivity index (χ0v) is 15.7. The van der Waals surface area contributed by atoms with Crippen LogP contribution in [0, 0.1) is 6.92 Å². The number of rotatable bonds is 5. The number of halogens is 2. The molecule has 6 heteroatoms. The van der Waals surface area contributed by atoms with E-state index in [0.717, 1.165) is 11.1 Å². The minimum atomic E-state index is -0.626. The maximum atomic E-state index is 12.2. The molecule has 2 aromatic carbocycles. The SMILES string of the molecule is Cc1ccccc1CN(C)C(=O)COC(=O)c1cc(Br)ccc1Cl. The van der Waals surface area contributed by atoms with Crippen LogP contribution >= 0.6 is 27.5 Å². The van der Waals surface area contributed by atoms with E-state index < -0.39 is 5.97 Å². The molecule has 4 nitrogen and oxygen atoms in total. The van der Waals surface area contributed by atoms with Gasteiger partial charge < -0.3 is 9.64 Å². The standard InChI is InChI=1S/C18H17BrClNO3/c1-12-5-3-4-6-13(12)10-21(2)17(22)11-24-18(23)15-9-14(19)7-8-16(15)20/h3-9H,10-11H2,1-2H3. The van der Waals surface area contributed by atoms with Gasteiger partial charge >= 0.3 is 5.97 Å². The number of amides is 1. The van der Waals surface area contributed by atoms with Crippen molar-refractivity contribution < 1.29 is 14.3 Å². The second kappa shape index (κ2) is 8.31. The van der Waals surface area contributed by atoms with Crippen molar-refractivity contribution in [3.05, 3.63) is 68.7 Å². The lowest BCUT2D eigenvalue weighted by Crippen LogP contribution is -2.31. The van der Waals surface area contributed by atoms with Crippen LogP contribution in [0.25, 0.3) is 0 Å². The summed E-state index contributed by atoms with van der Waals surface area (Å²) in [6.07, 6.45) is 0. The van der Waals surface area contributed by atoms with Crippen LogP contribution < -0.4 is 0 Å². The van der Waals surface area contributed by atoms with Gasteiger partial charge in [-0.25, -0.2) is 4.79 Å². The molecule has 0 aliphatic carbocycles. The molecule has 0 heterocycles. The van der Waals surface area contributed by atoms with Crippen molar-refractivity contribution in [1.29, 1.82) is 0 Å². The summed E-state index contributed by atoms with van der Waals surface area (Å²) in [5, 5.41) is 0.281. The smallest absolute Gasteiger partial charge is 0.340 e. The molecule has 0 aliphatic rings. The number of ether oxygens (including phenoxy) is 1. The largest absolute Gasteiger partial charge is 0.452 e. The maximum Gasteiger partial charge on any atom is 0.340 e. The Kier molecular flexibility index (Phi) is 6.40. The number of benzene rings is 2. The minimum absolute atomic E-state index is 0.223. The Morgan fingerprint density at radius 3 is 2.62 bits per heavy atom. The fourth-order valence-corrected chi connectivity index (χ4v) is 2.66. The first-order valence-corrected chi connectivity index (χ1v) is 8.46. The van der Waals surface area contributed by atoms with E-state index in [1.54, 1.807) is 25.2 Å². The summed E-state index contributed by atoms with van der Waals surface area (Å²) in [4.78, 5) is 25.7. The van der Waals surface area contributed by atoms with E-state index in [-0.39, 0.29) is 23.1 Å². The molecule has 24 heavy (non-hydrogen) atoms. The Morgan fingerprint density at radius 1 is 1.21 bits per heavy atom. The molecule has 0 N–H and O–H groups in total. The number of nitrogens with zero attached hydrogens (tertiary/aromatic N) is 1. The van der Waals surface area contributed by atoms with Gasteiger partial charge in [-0.15, -0.1) is 0 Å². The molecular formula is C18H17BrClNO3. The summed E-state index contributed by atoms with van der Waals surface area (Å²) < 4.78 is 5.79. The second-order valence-electron chi connectivity index (χ2n) is 5.38. The Bertz CT molecular complexity index is 764. The molecule has 0 radical (unpaired) electrons. The summed E-state index contributed by atoms with van der Waals surface area (Å²) in [6.45, 7) is 2.12. The van der Waals surface area contributed by atoms with Crippen molar-refractivity contribution in [3.63, 3.8) is 0 Å². The van der Waals surface area contributed by atoms with Crippen LogP contribution in [-0.2, 0) is 16.1 Å². The molecule has 2 rings (SSSR count). The molecule has 1 amide bonds. The maximum absolute atomic E-state index is 12.2. The van der Waals surface area contributed by atoms with Gasteiger partial charge in [0.05, 0.1) is 10.6 Å². The lowest BCUT2D eigenvalue weighted by atomic mass is 10.1. The quantitative estimate of drug-likeness (QED) is 0.693. The molecular weight excluding hydrogens is 394 g/mol. The number of carbonyl (C=O) groups excluding carboxylic acids is 2. The molecule has 126 valence electrons. The van der Waals surface area contributed by atoms with Crippen LogP contribution in [0.2, 0.25) is 5.02 Å². The monoisotopic (exact) mass is 409 g/mol. The minimum Gasteiger partial charge on any atom is -0.452 e. The lowest BCUT2D eigenvalue weighted by Gasteiger charge is -2.18. The fraction of sp³-hybridized carbons (Fsp3) is 0.222. The van der Waals surface area contributed by atoms with E-state index in [0.29, 0.717) is 11.0 Å². The lowest BCUT2D eigenvalue weighted by molar-refractivity contribution is -0.133. The van der Waals surface area contributed by atoms with Crippen molar-refractivity contribution in [2.75, 3.05) is 13.7 Å². The van der Waals surface area contributed by atoms with Crippen LogP contribution in [0.3, 0.4) is 0 Å². The Morgan fingerprint density at radius 2 is 1.92 bits per heavy atom. The molecule has 0 saturated carbocycles. The van der Waals surface area contributed by atoms with Gasteiger partial charge in [0.15, 0.2) is 6.61 Å². The van der Waals surface area contributed by atoms with Crippen LogP contribution in [0.4, 0.5) is 0 Å². The Balaban J connectivity index is 1.93. The van der Waals surface area contributed by atoms with E-state index in [1.165, 1.54) is 4.90 Å². The van der Waals surface area contributed by atoms with Crippen molar-refractivity contribution >= 4 is 39.4 Å². The molecule has 0 saturated heterocycles. The highest BCUT2D eigenvalue weighted by atomic mass is 79.9. The van der Waals surface area contributed by atoms with Crippen LogP contribution in [0.15, 0.2) is 46.9 Å². The Labute approximate surface area is 154 Å². The van der Waals surface area contributed by atoms with Crippen LogP contribution in [-0.4, -0.2) is 30.4 Å². The van der Waals surface area contributed by atoms with Gasteiger partial charge in [-0.05, 0) is 36.2 Å². The third-order valence-corrected chi connectivity index (χ3v) is 4.39. The van der Waals surface area contributed by atoms with Crippen molar-refractivity contribution in [2.24, 2.45) is 0 Å². The zero-order valence-electron chi connectivity index (χ0n) is 13.4. The summed E-state index contributed by atoms with van der Waals surface area (Å²) in [5.41, 5.74) is 2.38. The van der Waals surface area contributed by atoms with Crippen molar-refractivity contribution in [2.45, 2.75) is 13.5 Å². The van der Waals surface area contributed by atoms with Gasteiger partial charge in [-0.3, -0.25) is 4.79 Å². The summed E-state index contributed by atoms with van der Waals surface area (Å²) in [6, 6.07) is 12.7. The third-order valence-electron chi connectivity index (χ3n) is 3.57. The molecule has 0 spiro atoms.